The fourth-order valence-electron chi connectivity index (χ4n) is 4.03. The van der Waals surface area contributed by atoms with Gasteiger partial charge in [-0.25, -0.2) is 4.79 Å². The molecule has 0 saturated carbocycles. The third-order valence-electron chi connectivity index (χ3n) is 5.98. The van der Waals surface area contributed by atoms with Gasteiger partial charge in [-0.2, -0.15) is 0 Å². The summed E-state index contributed by atoms with van der Waals surface area (Å²) < 4.78 is 27.3. The first-order valence-corrected chi connectivity index (χ1v) is 10.8. The first-order chi connectivity index (χ1) is 16.2. The van der Waals surface area contributed by atoms with Gasteiger partial charge in [0.25, 0.3) is 0 Å². The number of hydrogen-bond acceptors (Lipinski definition) is 12. The topological polar surface area (TPSA) is 189 Å². The van der Waals surface area contributed by atoms with Crippen molar-refractivity contribution in [2.75, 3.05) is 13.2 Å². The first kappa shape index (κ1) is 25.0. The summed E-state index contributed by atoms with van der Waals surface area (Å²) in [6.45, 7) is 0.965. The Kier molecular flexibility index (Phi) is 7.52. The summed E-state index contributed by atoms with van der Waals surface area (Å²) in [5.41, 5.74) is 0.435. The quantitative estimate of drug-likeness (QED) is 0.251. The van der Waals surface area contributed by atoms with Crippen LogP contribution in [0.25, 0.3) is 11.0 Å². The van der Waals surface area contributed by atoms with Crippen LogP contribution in [-0.4, -0.2) is 99.2 Å². The summed E-state index contributed by atoms with van der Waals surface area (Å²) in [6.07, 6.45) is -12.1. The Morgan fingerprint density at radius 1 is 0.971 bits per heavy atom. The van der Waals surface area contributed by atoms with E-state index in [0.717, 1.165) is 0 Å². The van der Waals surface area contributed by atoms with Crippen LogP contribution in [0, 0.1) is 6.92 Å². The van der Waals surface area contributed by atoms with Crippen LogP contribution in [0.15, 0.2) is 33.5 Å². The van der Waals surface area contributed by atoms with Crippen molar-refractivity contribution in [2.24, 2.45) is 0 Å². The van der Waals surface area contributed by atoms with Gasteiger partial charge in [-0.05, 0) is 24.6 Å². The van der Waals surface area contributed by atoms with Crippen molar-refractivity contribution in [3.05, 3.63) is 40.2 Å². The van der Waals surface area contributed by atoms with Crippen molar-refractivity contribution in [2.45, 2.75) is 68.7 Å². The molecule has 9 unspecified atom stereocenters. The summed E-state index contributed by atoms with van der Waals surface area (Å²) in [5.74, 6) is 0.175. The largest absolute Gasteiger partial charge is 0.462 e. The Morgan fingerprint density at radius 2 is 1.74 bits per heavy atom. The van der Waals surface area contributed by atoms with Gasteiger partial charge >= 0.3 is 5.63 Å². The number of ether oxygens (including phenoxy) is 4. The third-order valence-corrected chi connectivity index (χ3v) is 5.98. The molecule has 6 N–H and O–H groups in total. The molecule has 2 aliphatic rings. The molecule has 1 aromatic carbocycles. The van der Waals surface area contributed by atoms with E-state index in [2.05, 4.69) is 0 Å². The minimum absolute atomic E-state index is 0.0201. The average Bonchev–Trinajstić information content (AvgIpc) is 2.80. The molecule has 9 atom stereocenters. The van der Waals surface area contributed by atoms with Crippen molar-refractivity contribution < 1.29 is 54.0 Å². The standard InChI is InChI=1S/C22H28O12/c1-9-4-16(25)33-14-6-10(2-3-12(9)14)31-22-20(29)19(28)18(27)15(34-22)8-30-21-17(26)13(24)5-11(7-23)32-21/h2-4,6,11,13,15,17-24,26-29H,5,7-8H2,1H3. The van der Waals surface area contributed by atoms with Gasteiger partial charge in [0.1, 0.15) is 41.9 Å². The zero-order valence-corrected chi connectivity index (χ0v) is 18.3. The lowest BCUT2D eigenvalue weighted by atomic mass is 9.99. The maximum Gasteiger partial charge on any atom is 0.336 e. The van der Waals surface area contributed by atoms with E-state index in [4.69, 9.17) is 23.4 Å². The van der Waals surface area contributed by atoms with Crippen molar-refractivity contribution in [3.8, 4) is 5.75 Å². The number of fused-ring (bicyclic) bond motifs is 1. The molecule has 2 aliphatic heterocycles. The van der Waals surface area contributed by atoms with Crippen LogP contribution in [0.2, 0.25) is 0 Å². The van der Waals surface area contributed by atoms with Crippen molar-refractivity contribution in [1.29, 1.82) is 0 Å². The smallest absolute Gasteiger partial charge is 0.336 e. The SMILES string of the molecule is Cc1cc(=O)oc2cc(OC3OC(COC4OC(CO)CC(O)C4O)C(O)C(O)C3O)ccc12. The van der Waals surface area contributed by atoms with Crippen molar-refractivity contribution in [1.82, 2.24) is 0 Å². The molecule has 12 heteroatoms. The molecule has 34 heavy (non-hydrogen) atoms. The van der Waals surface area contributed by atoms with Crippen LogP contribution >= 0.6 is 0 Å². The van der Waals surface area contributed by atoms with E-state index in [-0.39, 0.29) is 17.8 Å². The molecule has 4 rings (SSSR count). The van der Waals surface area contributed by atoms with Gasteiger partial charge in [0.05, 0.1) is 25.4 Å². The summed E-state index contributed by atoms with van der Waals surface area (Å²) in [5, 5.41) is 60.9. The minimum atomic E-state index is -1.65. The van der Waals surface area contributed by atoms with E-state index >= 15 is 0 Å². The van der Waals surface area contributed by atoms with E-state index in [1.807, 2.05) is 0 Å². The highest BCUT2D eigenvalue weighted by atomic mass is 16.7. The molecular formula is C22H28O12. The van der Waals surface area contributed by atoms with Crippen molar-refractivity contribution >= 4 is 11.0 Å². The van der Waals surface area contributed by atoms with Gasteiger partial charge in [-0.3, -0.25) is 0 Å². The second kappa shape index (κ2) is 10.2. The van der Waals surface area contributed by atoms with Crippen LogP contribution in [0.4, 0.5) is 0 Å². The maximum absolute atomic E-state index is 11.7. The van der Waals surface area contributed by atoms with Gasteiger partial charge in [0, 0.05) is 23.9 Å². The fraction of sp³-hybridized carbons (Fsp3) is 0.591. The number of aliphatic hydroxyl groups excluding tert-OH is 6. The fourth-order valence-corrected chi connectivity index (χ4v) is 4.03. The second-order valence-corrected chi connectivity index (χ2v) is 8.47. The predicted molar refractivity (Wildman–Crippen MR) is 113 cm³/mol. The second-order valence-electron chi connectivity index (χ2n) is 8.47. The average molecular weight is 484 g/mol. The molecule has 0 amide bonds. The maximum atomic E-state index is 11.7. The van der Waals surface area contributed by atoms with Crippen molar-refractivity contribution in [3.63, 3.8) is 0 Å². The Labute approximate surface area is 193 Å². The Balaban J connectivity index is 1.45. The molecule has 1 aromatic heterocycles. The van der Waals surface area contributed by atoms with Gasteiger partial charge in [-0.15, -0.1) is 0 Å². The third kappa shape index (κ3) is 5.10. The highest BCUT2D eigenvalue weighted by molar-refractivity contribution is 5.81. The lowest BCUT2D eigenvalue weighted by Gasteiger charge is -2.41. The van der Waals surface area contributed by atoms with Crippen LogP contribution in [0.3, 0.4) is 0 Å². The molecule has 3 heterocycles. The monoisotopic (exact) mass is 484 g/mol. The summed E-state index contributed by atoms with van der Waals surface area (Å²) in [7, 11) is 0. The molecule has 0 spiro atoms. The highest BCUT2D eigenvalue weighted by Crippen LogP contribution is 2.28. The summed E-state index contributed by atoms with van der Waals surface area (Å²) >= 11 is 0. The van der Waals surface area contributed by atoms with E-state index < -0.39 is 74.1 Å². The molecule has 12 nitrogen and oxygen atoms in total. The Bertz CT molecular complexity index is 1040. The van der Waals surface area contributed by atoms with Crippen LogP contribution in [0.5, 0.6) is 5.75 Å². The molecule has 0 aliphatic carbocycles. The number of benzene rings is 1. The zero-order chi connectivity index (χ0) is 24.6. The minimum Gasteiger partial charge on any atom is -0.462 e. The normalized spacial score (nSPS) is 36.5. The lowest BCUT2D eigenvalue weighted by Crippen LogP contribution is -2.61. The van der Waals surface area contributed by atoms with E-state index in [9.17, 15) is 35.4 Å². The molecule has 2 aromatic rings. The number of aryl methyl sites for hydroxylation is 1. The predicted octanol–water partition coefficient (Wildman–Crippen LogP) is -1.87. The molecule has 2 fully saturated rings. The molecular weight excluding hydrogens is 456 g/mol. The zero-order valence-electron chi connectivity index (χ0n) is 18.3. The molecule has 2 saturated heterocycles. The van der Waals surface area contributed by atoms with Gasteiger partial charge < -0.3 is 54.0 Å². The first-order valence-electron chi connectivity index (χ1n) is 10.8. The van der Waals surface area contributed by atoms with E-state index in [0.29, 0.717) is 10.9 Å². The van der Waals surface area contributed by atoms with Crippen LogP contribution in [-0.2, 0) is 14.2 Å². The summed E-state index contributed by atoms with van der Waals surface area (Å²) in [4.78, 5) is 11.7. The number of hydrogen-bond donors (Lipinski definition) is 6. The van der Waals surface area contributed by atoms with E-state index in [1.54, 1.807) is 19.1 Å². The van der Waals surface area contributed by atoms with Gasteiger partial charge in [-0.1, -0.05) is 0 Å². The molecule has 188 valence electrons. The Hall–Kier alpha value is -2.13. The number of aliphatic hydroxyl groups is 6. The Morgan fingerprint density at radius 3 is 2.47 bits per heavy atom. The highest BCUT2D eigenvalue weighted by Gasteiger charge is 2.46. The number of rotatable bonds is 6. The lowest BCUT2D eigenvalue weighted by molar-refractivity contribution is -0.309. The van der Waals surface area contributed by atoms with Crippen LogP contribution < -0.4 is 10.4 Å². The van der Waals surface area contributed by atoms with E-state index in [1.165, 1.54) is 12.1 Å². The van der Waals surface area contributed by atoms with Gasteiger partial charge in [0.2, 0.25) is 6.29 Å². The molecule has 0 radical (unpaired) electrons. The van der Waals surface area contributed by atoms with Gasteiger partial charge in [0.15, 0.2) is 6.29 Å². The summed E-state index contributed by atoms with van der Waals surface area (Å²) in [6, 6.07) is 6.02. The van der Waals surface area contributed by atoms with Crippen LogP contribution in [0.1, 0.15) is 12.0 Å². The molecule has 0 bridgehead atoms.